The third-order valence-corrected chi connectivity index (χ3v) is 5.59. The molecule has 2 aromatic carbocycles. The molecule has 6 nitrogen and oxygen atoms in total. The minimum absolute atomic E-state index is 0.0400. The number of ether oxygens (including phenoxy) is 2. The van der Waals surface area contributed by atoms with E-state index < -0.39 is 17.5 Å². The summed E-state index contributed by atoms with van der Waals surface area (Å²) in [6.07, 6.45) is 3.26. The molecular weight excluding hydrogens is 404 g/mol. The molecule has 0 spiro atoms. The van der Waals surface area contributed by atoms with E-state index in [4.69, 9.17) is 9.47 Å². The minimum Gasteiger partial charge on any atom is -0.460 e. The zero-order valence-corrected chi connectivity index (χ0v) is 18.1. The van der Waals surface area contributed by atoms with Crippen molar-refractivity contribution >= 4 is 23.4 Å². The Morgan fingerprint density at radius 1 is 0.875 bits per heavy atom. The molecular formula is C26H22N2O4. The van der Waals surface area contributed by atoms with Crippen molar-refractivity contribution in [2.75, 3.05) is 6.61 Å². The third kappa shape index (κ3) is 3.38. The second kappa shape index (κ2) is 7.41. The van der Waals surface area contributed by atoms with E-state index >= 15 is 0 Å². The van der Waals surface area contributed by atoms with Crippen LogP contribution in [-0.2, 0) is 19.1 Å². The van der Waals surface area contributed by atoms with E-state index in [9.17, 15) is 9.59 Å². The summed E-state index contributed by atoms with van der Waals surface area (Å²) in [6, 6.07) is 16.3. The highest BCUT2D eigenvalue weighted by molar-refractivity contribution is 6.55. The fraction of sp³-hybridized carbons (Fsp3) is 0.231. The van der Waals surface area contributed by atoms with E-state index in [0.717, 1.165) is 22.3 Å². The van der Waals surface area contributed by atoms with Crippen LogP contribution in [0.5, 0.6) is 0 Å². The Morgan fingerprint density at radius 2 is 1.50 bits per heavy atom. The van der Waals surface area contributed by atoms with Gasteiger partial charge < -0.3 is 9.47 Å². The summed E-state index contributed by atoms with van der Waals surface area (Å²) < 4.78 is 11.1. The Kier molecular flexibility index (Phi) is 4.66. The summed E-state index contributed by atoms with van der Waals surface area (Å²) in [5.74, 6) is -1.09. The van der Waals surface area contributed by atoms with Gasteiger partial charge in [-0.15, -0.1) is 10.2 Å². The summed E-state index contributed by atoms with van der Waals surface area (Å²) in [5.41, 5.74) is 5.22. The fourth-order valence-electron chi connectivity index (χ4n) is 4.24. The molecule has 5 rings (SSSR count). The lowest BCUT2D eigenvalue weighted by Crippen LogP contribution is -2.28. The Balaban J connectivity index is 1.28. The highest BCUT2D eigenvalue weighted by Gasteiger charge is 2.37. The lowest BCUT2D eigenvalue weighted by atomic mass is 9.98. The second-order valence-electron chi connectivity index (χ2n) is 8.89. The first-order valence-electron chi connectivity index (χ1n) is 10.5. The summed E-state index contributed by atoms with van der Waals surface area (Å²) >= 11 is 0. The van der Waals surface area contributed by atoms with E-state index in [-0.39, 0.29) is 18.2 Å². The molecule has 0 saturated heterocycles. The topological polar surface area (TPSA) is 77.3 Å². The zero-order chi connectivity index (χ0) is 22.5. The van der Waals surface area contributed by atoms with Crippen molar-refractivity contribution in [2.24, 2.45) is 10.2 Å². The maximum Gasteiger partial charge on any atom is 0.359 e. The Bertz CT molecular complexity index is 1230. The lowest BCUT2D eigenvalue weighted by molar-refractivity contribution is -0.149. The predicted molar refractivity (Wildman–Crippen MR) is 122 cm³/mol. The molecule has 6 heteroatoms. The maximum atomic E-state index is 12.9. The fourth-order valence-corrected chi connectivity index (χ4v) is 4.24. The van der Waals surface area contributed by atoms with Crippen molar-refractivity contribution in [3.8, 4) is 11.1 Å². The van der Waals surface area contributed by atoms with E-state index in [1.807, 2.05) is 24.3 Å². The molecule has 1 aliphatic heterocycles. The highest BCUT2D eigenvalue weighted by atomic mass is 16.6. The van der Waals surface area contributed by atoms with Crippen LogP contribution in [-0.4, -0.2) is 35.6 Å². The van der Waals surface area contributed by atoms with Crippen LogP contribution in [0.4, 0.5) is 0 Å². The number of allylic oxidation sites excluding steroid dienone is 2. The summed E-state index contributed by atoms with van der Waals surface area (Å²) in [7, 11) is 0. The average Bonchev–Trinajstić information content (AvgIpc) is 3.43. The highest BCUT2D eigenvalue weighted by Crippen LogP contribution is 2.44. The normalized spacial score (nSPS) is 16.3. The second-order valence-corrected chi connectivity index (χ2v) is 8.89. The Morgan fingerprint density at radius 3 is 2.12 bits per heavy atom. The van der Waals surface area contributed by atoms with E-state index in [1.54, 1.807) is 32.9 Å². The first-order valence-corrected chi connectivity index (χ1v) is 10.5. The van der Waals surface area contributed by atoms with Crippen LogP contribution < -0.4 is 0 Å². The van der Waals surface area contributed by atoms with E-state index in [2.05, 4.69) is 34.5 Å². The number of rotatable bonds is 4. The zero-order valence-electron chi connectivity index (χ0n) is 18.1. The Labute approximate surface area is 186 Å². The number of benzene rings is 2. The maximum absolute atomic E-state index is 12.9. The monoisotopic (exact) mass is 426 g/mol. The van der Waals surface area contributed by atoms with Gasteiger partial charge in [0.2, 0.25) is 0 Å². The summed E-state index contributed by atoms with van der Waals surface area (Å²) in [6.45, 7) is 5.58. The van der Waals surface area contributed by atoms with Crippen LogP contribution in [0, 0.1) is 0 Å². The molecule has 0 amide bonds. The van der Waals surface area contributed by atoms with Crippen molar-refractivity contribution in [1.82, 2.24) is 0 Å². The van der Waals surface area contributed by atoms with Gasteiger partial charge in [0.25, 0.3) is 0 Å². The van der Waals surface area contributed by atoms with Crippen LogP contribution in [0.15, 0.2) is 82.0 Å². The molecule has 160 valence electrons. The van der Waals surface area contributed by atoms with Crippen LogP contribution >= 0.6 is 0 Å². The Hall–Kier alpha value is -3.80. The van der Waals surface area contributed by atoms with Gasteiger partial charge in [0, 0.05) is 11.5 Å². The first kappa shape index (κ1) is 20.1. The molecule has 2 aliphatic carbocycles. The molecule has 0 atom stereocenters. The van der Waals surface area contributed by atoms with Crippen LogP contribution in [0.2, 0.25) is 0 Å². The quantitative estimate of drug-likeness (QED) is 0.681. The van der Waals surface area contributed by atoms with Gasteiger partial charge in [-0.2, -0.15) is 0 Å². The van der Waals surface area contributed by atoms with Crippen molar-refractivity contribution in [3.63, 3.8) is 0 Å². The number of esters is 2. The number of fused-ring (bicyclic) bond motifs is 4. The van der Waals surface area contributed by atoms with Gasteiger partial charge in [-0.25, -0.2) is 9.59 Å². The smallest absolute Gasteiger partial charge is 0.359 e. The molecule has 32 heavy (non-hydrogen) atoms. The number of carbonyl (C=O) groups excluding carboxylic acids is 2. The summed E-state index contributed by atoms with van der Waals surface area (Å²) in [4.78, 5) is 25.3. The van der Waals surface area contributed by atoms with Crippen molar-refractivity contribution in [2.45, 2.75) is 32.3 Å². The van der Waals surface area contributed by atoms with Crippen molar-refractivity contribution in [1.29, 1.82) is 0 Å². The van der Waals surface area contributed by atoms with Gasteiger partial charge in [-0.1, -0.05) is 48.5 Å². The molecule has 2 aromatic rings. The SMILES string of the molecule is CC(C)(C)OC(=O)C1=CC=C2C(C(=O)OCC3c4ccccc4-c4ccccc43)=NN=C12. The van der Waals surface area contributed by atoms with Crippen molar-refractivity contribution in [3.05, 3.63) is 83.0 Å². The average molecular weight is 426 g/mol. The number of nitrogens with zero attached hydrogens (tertiary/aromatic N) is 2. The van der Waals surface area contributed by atoms with Gasteiger partial charge in [-0.05, 0) is 55.2 Å². The molecule has 0 radical (unpaired) electrons. The number of hydrogen-bond acceptors (Lipinski definition) is 6. The lowest BCUT2D eigenvalue weighted by Gasteiger charge is -2.19. The molecule has 0 N–H and O–H groups in total. The number of hydrogen-bond donors (Lipinski definition) is 0. The standard InChI is InChI=1S/C26H22N2O4/c1-26(2,3)32-24(29)20-13-12-19-22(20)27-28-23(19)25(30)31-14-21-17-10-6-4-8-15(17)16-9-5-7-11-18(16)21/h4-13,21H,14H2,1-3H3. The van der Waals surface area contributed by atoms with Gasteiger partial charge in [0.05, 0.1) is 5.57 Å². The predicted octanol–water partition coefficient (Wildman–Crippen LogP) is 4.36. The molecule has 0 fully saturated rings. The van der Waals surface area contributed by atoms with E-state index in [0.29, 0.717) is 16.9 Å². The van der Waals surface area contributed by atoms with Gasteiger partial charge >= 0.3 is 11.9 Å². The van der Waals surface area contributed by atoms with Crippen LogP contribution in [0.3, 0.4) is 0 Å². The molecule has 1 heterocycles. The minimum atomic E-state index is -0.629. The van der Waals surface area contributed by atoms with Gasteiger partial charge in [0.1, 0.15) is 17.9 Å². The first-order chi connectivity index (χ1) is 15.3. The summed E-state index contributed by atoms with van der Waals surface area (Å²) in [5, 5.41) is 8.05. The van der Waals surface area contributed by atoms with Crippen LogP contribution in [0.25, 0.3) is 11.1 Å². The van der Waals surface area contributed by atoms with Gasteiger partial charge in [0.15, 0.2) is 5.71 Å². The molecule has 0 bridgehead atoms. The third-order valence-electron chi connectivity index (χ3n) is 5.59. The van der Waals surface area contributed by atoms with E-state index in [1.165, 1.54) is 0 Å². The molecule has 0 saturated carbocycles. The van der Waals surface area contributed by atoms with Crippen molar-refractivity contribution < 1.29 is 19.1 Å². The van der Waals surface area contributed by atoms with Gasteiger partial charge in [-0.3, -0.25) is 0 Å². The largest absolute Gasteiger partial charge is 0.460 e. The molecule has 0 unspecified atom stereocenters. The van der Waals surface area contributed by atoms with Crippen LogP contribution in [0.1, 0.15) is 37.8 Å². The molecule has 0 aromatic heterocycles. The number of carbonyl (C=O) groups is 2. The molecule has 3 aliphatic rings.